The standard InChI is InChI=1S/C11H9N7O2/c1-5-2-3-6-8(19)7(4-12-9(6)13-5)10(20)14-11-15-17-18-16-11/h2-4H,1H3,(H,12,13,19)(H2,14,15,16,17,18,20). The first kappa shape index (κ1) is 12.0. The van der Waals surface area contributed by atoms with Gasteiger partial charge in [-0.05, 0) is 24.3 Å². The third-order valence-electron chi connectivity index (χ3n) is 2.69. The summed E-state index contributed by atoms with van der Waals surface area (Å²) in [5, 5.41) is 15.4. The second-order valence-corrected chi connectivity index (χ2v) is 4.07. The molecule has 0 spiro atoms. The third kappa shape index (κ3) is 2.00. The van der Waals surface area contributed by atoms with Crippen molar-refractivity contribution < 1.29 is 4.79 Å². The van der Waals surface area contributed by atoms with Gasteiger partial charge in [-0.25, -0.2) is 4.98 Å². The third-order valence-corrected chi connectivity index (χ3v) is 2.69. The number of H-pyrrole nitrogens is 2. The molecule has 0 aliphatic heterocycles. The zero-order valence-electron chi connectivity index (χ0n) is 10.3. The van der Waals surface area contributed by atoms with Crippen LogP contribution in [0.15, 0.2) is 23.1 Å². The Hall–Kier alpha value is -3.10. The molecule has 100 valence electrons. The van der Waals surface area contributed by atoms with Crippen molar-refractivity contribution in [2.45, 2.75) is 6.92 Å². The van der Waals surface area contributed by atoms with Crippen molar-refractivity contribution >= 4 is 22.9 Å². The molecule has 3 rings (SSSR count). The predicted octanol–water partition coefficient (Wildman–Crippen LogP) is -0.00308. The van der Waals surface area contributed by atoms with E-state index in [9.17, 15) is 9.59 Å². The molecule has 0 fully saturated rings. The molecule has 0 aliphatic carbocycles. The SMILES string of the molecule is Cc1ccc2c(=O)c(C(=O)Nc3nn[nH]n3)c[nH]c2n1. The smallest absolute Gasteiger partial charge is 0.270 e. The number of carbonyl (C=O) groups excluding carboxylic acids is 1. The van der Waals surface area contributed by atoms with Gasteiger partial charge < -0.3 is 4.98 Å². The molecule has 3 aromatic heterocycles. The summed E-state index contributed by atoms with van der Waals surface area (Å²) < 4.78 is 0. The summed E-state index contributed by atoms with van der Waals surface area (Å²) in [6.45, 7) is 1.81. The fraction of sp³-hybridized carbons (Fsp3) is 0.0909. The van der Waals surface area contributed by atoms with Crippen LogP contribution in [-0.2, 0) is 0 Å². The lowest BCUT2D eigenvalue weighted by molar-refractivity contribution is 0.102. The lowest BCUT2D eigenvalue weighted by Crippen LogP contribution is -2.22. The van der Waals surface area contributed by atoms with Crippen LogP contribution in [0.5, 0.6) is 0 Å². The van der Waals surface area contributed by atoms with Crippen molar-refractivity contribution in [1.29, 1.82) is 0 Å². The number of aryl methyl sites for hydroxylation is 1. The fourth-order valence-electron chi connectivity index (χ4n) is 1.75. The highest BCUT2D eigenvalue weighted by Gasteiger charge is 2.15. The van der Waals surface area contributed by atoms with Crippen molar-refractivity contribution in [1.82, 2.24) is 30.6 Å². The highest BCUT2D eigenvalue weighted by Crippen LogP contribution is 2.07. The van der Waals surface area contributed by atoms with Crippen molar-refractivity contribution in [2.75, 3.05) is 5.32 Å². The highest BCUT2D eigenvalue weighted by molar-refractivity contribution is 6.04. The van der Waals surface area contributed by atoms with Gasteiger partial charge >= 0.3 is 0 Å². The molecule has 0 bridgehead atoms. The summed E-state index contributed by atoms with van der Waals surface area (Å²) in [5.74, 6) is -0.619. The van der Waals surface area contributed by atoms with Crippen LogP contribution in [0.1, 0.15) is 16.1 Å². The number of nitrogens with zero attached hydrogens (tertiary/aromatic N) is 4. The van der Waals surface area contributed by atoms with E-state index in [1.807, 2.05) is 6.92 Å². The van der Waals surface area contributed by atoms with Crippen molar-refractivity contribution in [3.63, 3.8) is 0 Å². The Bertz CT molecular complexity index is 838. The Kier molecular flexibility index (Phi) is 2.71. The molecule has 0 radical (unpaired) electrons. The largest absolute Gasteiger partial charge is 0.345 e. The van der Waals surface area contributed by atoms with Crippen LogP contribution in [-0.4, -0.2) is 36.5 Å². The minimum absolute atomic E-state index is 0.00321. The van der Waals surface area contributed by atoms with E-state index in [0.717, 1.165) is 5.69 Å². The molecule has 3 aromatic rings. The van der Waals surface area contributed by atoms with E-state index in [0.29, 0.717) is 11.0 Å². The average molecular weight is 271 g/mol. The number of carbonyl (C=O) groups is 1. The molecule has 0 saturated carbocycles. The zero-order valence-corrected chi connectivity index (χ0v) is 10.3. The van der Waals surface area contributed by atoms with Crippen molar-refractivity contribution in [3.8, 4) is 0 Å². The van der Waals surface area contributed by atoms with Gasteiger partial charge in [0.05, 0.1) is 5.39 Å². The van der Waals surface area contributed by atoms with Crippen molar-refractivity contribution in [3.05, 3.63) is 39.8 Å². The van der Waals surface area contributed by atoms with Gasteiger partial charge in [-0.15, -0.1) is 5.10 Å². The number of nitrogens with one attached hydrogen (secondary N) is 3. The number of aromatic nitrogens is 6. The van der Waals surface area contributed by atoms with E-state index in [1.54, 1.807) is 12.1 Å². The second kappa shape index (κ2) is 4.53. The Morgan fingerprint density at radius 2 is 2.20 bits per heavy atom. The van der Waals surface area contributed by atoms with Crippen LogP contribution in [0.4, 0.5) is 5.95 Å². The van der Waals surface area contributed by atoms with Gasteiger partial charge in [0.15, 0.2) is 0 Å². The molecule has 1 amide bonds. The molecule has 20 heavy (non-hydrogen) atoms. The minimum Gasteiger partial charge on any atom is -0.345 e. The average Bonchev–Trinajstić information content (AvgIpc) is 2.91. The first-order valence-electron chi connectivity index (χ1n) is 5.69. The summed E-state index contributed by atoms with van der Waals surface area (Å²) >= 11 is 0. The zero-order chi connectivity index (χ0) is 14.1. The number of rotatable bonds is 2. The van der Waals surface area contributed by atoms with Gasteiger partial charge in [0, 0.05) is 11.9 Å². The van der Waals surface area contributed by atoms with Gasteiger partial charge in [0.25, 0.3) is 11.9 Å². The maximum Gasteiger partial charge on any atom is 0.270 e. The van der Waals surface area contributed by atoms with E-state index in [2.05, 4.69) is 35.9 Å². The Morgan fingerprint density at radius 1 is 1.35 bits per heavy atom. The Balaban J connectivity index is 2.04. The predicted molar refractivity (Wildman–Crippen MR) is 69.2 cm³/mol. The van der Waals surface area contributed by atoms with E-state index in [4.69, 9.17) is 0 Å². The molecule has 0 saturated heterocycles. The van der Waals surface area contributed by atoms with Crippen LogP contribution >= 0.6 is 0 Å². The van der Waals surface area contributed by atoms with Gasteiger partial charge in [-0.2, -0.15) is 5.21 Å². The lowest BCUT2D eigenvalue weighted by atomic mass is 10.2. The molecule has 0 aromatic carbocycles. The monoisotopic (exact) mass is 271 g/mol. The van der Waals surface area contributed by atoms with Crippen LogP contribution in [0, 0.1) is 6.92 Å². The fourth-order valence-corrected chi connectivity index (χ4v) is 1.75. The molecular formula is C11H9N7O2. The maximum atomic E-state index is 12.2. The van der Waals surface area contributed by atoms with E-state index in [1.165, 1.54) is 6.20 Å². The number of hydrogen-bond acceptors (Lipinski definition) is 6. The molecule has 0 atom stereocenters. The van der Waals surface area contributed by atoms with Gasteiger partial charge in [0.2, 0.25) is 5.43 Å². The summed E-state index contributed by atoms with van der Waals surface area (Å²) in [5.41, 5.74) is 0.753. The lowest BCUT2D eigenvalue weighted by Gasteiger charge is -2.02. The topological polar surface area (TPSA) is 129 Å². The van der Waals surface area contributed by atoms with Crippen LogP contribution in [0.2, 0.25) is 0 Å². The number of fused-ring (bicyclic) bond motifs is 1. The number of aromatic amines is 2. The highest BCUT2D eigenvalue weighted by atomic mass is 16.2. The second-order valence-electron chi connectivity index (χ2n) is 4.07. The summed E-state index contributed by atoms with van der Waals surface area (Å²) in [4.78, 5) is 31.2. The molecule has 3 heterocycles. The number of anilines is 1. The Morgan fingerprint density at radius 3 is 2.95 bits per heavy atom. The quantitative estimate of drug-likeness (QED) is 0.601. The van der Waals surface area contributed by atoms with E-state index < -0.39 is 11.3 Å². The minimum atomic E-state index is -0.616. The summed E-state index contributed by atoms with van der Waals surface area (Å²) in [6.07, 6.45) is 1.31. The Labute approximate surface area is 111 Å². The summed E-state index contributed by atoms with van der Waals surface area (Å²) in [6, 6.07) is 3.33. The molecule has 0 unspecified atom stereocenters. The maximum absolute atomic E-state index is 12.2. The van der Waals surface area contributed by atoms with Gasteiger partial charge in [-0.1, -0.05) is 5.10 Å². The number of hydrogen-bond donors (Lipinski definition) is 3. The first-order valence-corrected chi connectivity index (χ1v) is 5.69. The van der Waals surface area contributed by atoms with Crippen LogP contribution < -0.4 is 10.7 Å². The molecule has 0 aliphatic rings. The van der Waals surface area contributed by atoms with E-state index >= 15 is 0 Å². The van der Waals surface area contributed by atoms with Crippen LogP contribution in [0.3, 0.4) is 0 Å². The number of amides is 1. The first-order chi connectivity index (χ1) is 9.65. The normalized spacial score (nSPS) is 10.7. The number of pyridine rings is 2. The molecule has 9 nitrogen and oxygen atoms in total. The van der Waals surface area contributed by atoms with Gasteiger partial charge in [-0.3, -0.25) is 14.9 Å². The van der Waals surface area contributed by atoms with Crippen LogP contribution in [0.25, 0.3) is 11.0 Å². The number of tetrazole rings is 1. The molecular weight excluding hydrogens is 262 g/mol. The molecule has 3 N–H and O–H groups in total. The van der Waals surface area contributed by atoms with Crippen molar-refractivity contribution in [2.24, 2.45) is 0 Å². The van der Waals surface area contributed by atoms with E-state index in [-0.39, 0.29) is 11.5 Å². The van der Waals surface area contributed by atoms with Gasteiger partial charge in [0.1, 0.15) is 11.2 Å². The molecule has 9 heteroatoms. The summed E-state index contributed by atoms with van der Waals surface area (Å²) in [7, 11) is 0.